The van der Waals surface area contributed by atoms with E-state index in [1.165, 1.54) is 0 Å². The van der Waals surface area contributed by atoms with Crippen molar-refractivity contribution in [3.63, 3.8) is 0 Å². The molecular weight excluding hydrogens is 366 g/mol. The number of H-pyrrole nitrogens is 1. The fourth-order valence-electron chi connectivity index (χ4n) is 3.32. The number of tetrazole rings is 1. The molecule has 0 amide bonds. The largest absolute Gasteiger partial charge is 0.491 e. The van der Waals surface area contributed by atoms with Gasteiger partial charge in [0.25, 0.3) is 0 Å². The fraction of sp³-hybridized carbons (Fsp3) is 0.182. The van der Waals surface area contributed by atoms with Crippen molar-refractivity contribution in [2.45, 2.75) is 20.5 Å². The van der Waals surface area contributed by atoms with E-state index in [1.807, 2.05) is 50.2 Å². The Labute approximate surface area is 168 Å². The average molecular weight is 387 g/mol. The molecule has 4 rings (SSSR count). The topological polar surface area (TPSA) is 85.8 Å². The number of aryl methyl sites for hydroxylation is 2. The summed E-state index contributed by atoms with van der Waals surface area (Å²) in [5, 5.41) is 14.4. The molecule has 2 heterocycles. The Morgan fingerprint density at radius 1 is 0.966 bits per heavy atom. The summed E-state index contributed by atoms with van der Waals surface area (Å²) >= 11 is 0. The van der Waals surface area contributed by atoms with E-state index >= 15 is 0 Å². The average Bonchev–Trinajstić information content (AvgIpc) is 3.27. The van der Waals surface area contributed by atoms with Crippen LogP contribution in [0.25, 0.3) is 22.5 Å². The quantitative estimate of drug-likeness (QED) is 0.535. The fourth-order valence-corrected chi connectivity index (χ4v) is 3.32. The third-order valence-electron chi connectivity index (χ3n) is 4.60. The van der Waals surface area contributed by atoms with Gasteiger partial charge in [-0.1, -0.05) is 42.5 Å². The molecule has 7 nitrogen and oxygen atoms in total. The highest BCUT2D eigenvalue weighted by molar-refractivity contribution is 5.80. The molecular formula is C22H21N5O2. The van der Waals surface area contributed by atoms with E-state index < -0.39 is 0 Å². The zero-order valence-corrected chi connectivity index (χ0v) is 16.5. The predicted molar refractivity (Wildman–Crippen MR) is 110 cm³/mol. The Bertz CT molecular complexity index is 1110. The van der Waals surface area contributed by atoms with Crippen LogP contribution in [0.4, 0.5) is 0 Å². The number of benzene rings is 2. The smallest absolute Gasteiger partial charge is 0.182 e. The molecule has 2 aromatic carbocycles. The second-order valence-corrected chi connectivity index (χ2v) is 6.66. The van der Waals surface area contributed by atoms with Crippen LogP contribution in [0.2, 0.25) is 0 Å². The molecule has 0 atom stereocenters. The highest BCUT2D eigenvalue weighted by atomic mass is 16.5. The third-order valence-corrected chi connectivity index (χ3v) is 4.60. The van der Waals surface area contributed by atoms with Gasteiger partial charge >= 0.3 is 0 Å². The molecule has 0 unspecified atom stereocenters. The van der Waals surface area contributed by atoms with Gasteiger partial charge in [0.2, 0.25) is 0 Å². The first-order valence-corrected chi connectivity index (χ1v) is 9.23. The Balaban J connectivity index is 1.67. The lowest BCUT2D eigenvalue weighted by Gasteiger charge is -2.14. The minimum Gasteiger partial charge on any atom is -0.491 e. The lowest BCUT2D eigenvalue weighted by Crippen LogP contribution is -2.02. The standard InChI is InChI=1S/C22H21N5O2/c1-14-11-20(21(28-3)15(2)23-14)29-13-16-9-10-18(17-7-5-4-6-8-17)19(12-16)22-24-26-27-25-22/h4-12H,13H2,1-3H3,(H,24,25,26,27). The molecule has 0 radical (unpaired) electrons. The Kier molecular flexibility index (Phi) is 5.20. The van der Waals surface area contributed by atoms with E-state index in [0.717, 1.165) is 33.6 Å². The van der Waals surface area contributed by atoms with Crippen LogP contribution in [-0.4, -0.2) is 32.7 Å². The zero-order chi connectivity index (χ0) is 20.2. The molecule has 0 saturated carbocycles. The van der Waals surface area contributed by atoms with Gasteiger partial charge in [0.05, 0.1) is 12.8 Å². The van der Waals surface area contributed by atoms with Gasteiger partial charge in [-0.15, -0.1) is 5.10 Å². The van der Waals surface area contributed by atoms with Gasteiger partial charge in [0, 0.05) is 17.3 Å². The van der Waals surface area contributed by atoms with E-state index in [1.54, 1.807) is 7.11 Å². The summed E-state index contributed by atoms with van der Waals surface area (Å²) in [5.74, 6) is 1.93. The first-order valence-electron chi connectivity index (χ1n) is 9.23. The maximum absolute atomic E-state index is 6.07. The van der Waals surface area contributed by atoms with Gasteiger partial charge in [-0.25, -0.2) is 5.10 Å². The predicted octanol–water partition coefficient (Wildman–Crippen LogP) is 4.13. The summed E-state index contributed by atoms with van der Waals surface area (Å²) in [4.78, 5) is 4.42. The maximum atomic E-state index is 6.07. The van der Waals surface area contributed by atoms with E-state index in [0.29, 0.717) is 23.9 Å². The van der Waals surface area contributed by atoms with Crippen LogP contribution >= 0.6 is 0 Å². The molecule has 0 aliphatic heterocycles. The molecule has 0 aliphatic carbocycles. The van der Waals surface area contributed by atoms with Crippen LogP contribution in [0.15, 0.2) is 54.6 Å². The lowest BCUT2D eigenvalue weighted by molar-refractivity contribution is 0.282. The molecule has 0 bridgehead atoms. The third kappa shape index (κ3) is 3.94. The molecule has 0 fully saturated rings. The van der Waals surface area contributed by atoms with E-state index in [4.69, 9.17) is 9.47 Å². The Morgan fingerprint density at radius 2 is 1.79 bits per heavy atom. The lowest BCUT2D eigenvalue weighted by atomic mass is 9.97. The molecule has 29 heavy (non-hydrogen) atoms. The van der Waals surface area contributed by atoms with Crippen molar-refractivity contribution >= 4 is 0 Å². The SMILES string of the molecule is COc1c(OCc2ccc(-c3ccccc3)c(-c3nnn[nH]3)c2)cc(C)nc1C. The number of hydrogen-bond acceptors (Lipinski definition) is 6. The minimum absolute atomic E-state index is 0.378. The summed E-state index contributed by atoms with van der Waals surface area (Å²) < 4.78 is 11.5. The van der Waals surface area contributed by atoms with E-state index in [2.05, 4.69) is 43.8 Å². The Hall–Kier alpha value is -3.74. The highest BCUT2D eigenvalue weighted by Gasteiger charge is 2.14. The first-order chi connectivity index (χ1) is 14.2. The zero-order valence-electron chi connectivity index (χ0n) is 16.5. The second-order valence-electron chi connectivity index (χ2n) is 6.66. The summed E-state index contributed by atoms with van der Waals surface area (Å²) in [7, 11) is 1.62. The molecule has 0 spiro atoms. The molecule has 2 aromatic heterocycles. The number of ether oxygens (including phenoxy) is 2. The molecule has 1 N–H and O–H groups in total. The van der Waals surface area contributed by atoms with Crippen LogP contribution < -0.4 is 9.47 Å². The van der Waals surface area contributed by atoms with E-state index in [-0.39, 0.29) is 0 Å². The monoisotopic (exact) mass is 387 g/mol. The van der Waals surface area contributed by atoms with Crippen molar-refractivity contribution in [1.29, 1.82) is 0 Å². The maximum Gasteiger partial charge on any atom is 0.182 e. The minimum atomic E-state index is 0.378. The van der Waals surface area contributed by atoms with Gasteiger partial charge in [0.15, 0.2) is 17.3 Å². The van der Waals surface area contributed by atoms with E-state index in [9.17, 15) is 0 Å². The number of nitrogens with zero attached hydrogens (tertiary/aromatic N) is 4. The van der Waals surface area contributed by atoms with Gasteiger partial charge in [0.1, 0.15) is 6.61 Å². The molecule has 0 saturated heterocycles. The summed E-state index contributed by atoms with van der Waals surface area (Å²) in [6.45, 7) is 4.22. The van der Waals surface area contributed by atoms with Crippen LogP contribution in [0.1, 0.15) is 17.0 Å². The molecule has 7 heteroatoms. The number of aromatic amines is 1. The number of rotatable bonds is 6. The van der Waals surface area contributed by atoms with Crippen molar-refractivity contribution in [2.75, 3.05) is 7.11 Å². The van der Waals surface area contributed by atoms with Crippen LogP contribution in [0.3, 0.4) is 0 Å². The van der Waals surface area contributed by atoms with Crippen molar-refractivity contribution < 1.29 is 9.47 Å². The van der Waals surface area contributed by atoms with Gasteiger partial charge in [-0.2, -0.15) is 0 Å². The molecule has 146 valence electrons. The highest BCUT2D eigenvalue weighted by Crippen LogP contribution is 2.33. The van der Waals surface area contributed by atoms with Crippen molar-refractivity contribution in [2.24, 2.45) is 0 Å². The van der Waals surface area contributed by atoms with Crippen molar-refractivity contribution in [1.82, 2.24) is 25.6 Å². The van der Waals surface area contributed by atoms with Gasteiger partial charge in [-0.05, 0) is 47.0 Å². The van der Waals surface area contributed by atoms with Crippen molar-refractivity contribution in [3.05, 3.63) is 71.5 Å². The van der Waals surface area contributed by atoms with Gasteiger partial charge in [-0.3, -0.25) is 4.98 Å². The number of hydrogen-bond donors (Lipinski definition) is 1. The van der Waals surface area contributed by atoms with Crippen LogP contribution in [0.5, 0.6) is 11.5 Å². The summed E-state index contributed by atoms with van der Waals surface area (Å²) in [6, 6.07) is 18.2. The summed E-state index contributed by atoms with van der Waals surface area (Å²) in [6.07, 6.45) is 0. The summed E-state index contributed by atoms with van der Waals surface area (Å²) in [5.41, 5.74) is 5.72. The van der Waals surface area contributed by atoms with Crippen LogP contribution in [0, 0.1) is 13.8 Å². The molecule has 4 aromatic rings. The molecule has 0 aliphatic rings. The number of methoxy groups -OCH3 is 1. The first kappa shape index (κ1) is 18.6. The second kappa shape index (κ2) is 8.10. The van der Waals surface area contributed by atoms with Crippen molar-refractivity contribution in [3.8, 4) is 34.0 Å². The number of aromatic nitrogens is 5. The van der Waals surface area contributed by atoms with Crippen LogP contribution in [-0.2, 0) is 6.61 Å². The normalized spacial score (nSPS) is 10.7. The number of pyridine rings is 1. The Morgan fingerprint density at radius 3 is 2.52 bits per heavy atom. The van der Waals surface area contributed by atoms with Gasteiger partial charge < -0.3 is 9.47 Å². The number of nitrogens with one attached hydrogen (secondary N) is 1.